The summed E-state index contributed by atoms with van der Waals surface area (Å²) in [4.78, 5) is 17.4. The summed E-state index contributed by atoms with van der Waals surface area (Å²) in [5, 5.41) is 10.6. The van der Waals surface area contributed by atoms with Crippen LogP contribution in [0.25, 0.3) is 31.8 Å². The fraction of sp³-hybridized carbons (Fsp3) is 0.500. The summed E-state index contributed by atoms with van der Waals surface area (Å²) >= 11 is 1.88. The molecule has 0 amide bonds. The summed E-state index contributed by atoms with van der Waals surface area (Å²) in [6, 6.07) is 19.7. The minimum atomic E-state index is -4.58. The number of aliphatic hydroxyl groups is 1. The molecule has 2 aliphatic rings. The van der Waals surface area contributed by atoms with Gasteiger partial charge in [0.25, 0.3) is 0 Å². The molecule has 0 unspecified atom stereocenters. The largest absolute Gasteiger partial charge is 0.511 e. The molecule has 2 saturated carbocycles. The van der Waals surface area contributed by atoms with Gasteiger partial charge in [0.15, 0.2) is 5.78 Å². The van der Waals surface area contributed by atoms with E-state index in [4.69, 9.17) is 4.98 Å². The number of allylic oxidation sites excluding steroid dienone is 2. The Labute approximate surface area is 325 Å². The number of pyridine rings is 1. The fourth-order valence-corrected chi connectivity index (χ4v) is 9.16. The van der Waals surface area contributed by atoms with Crippen LogP contribution in [0, 0.1) is 43.6 Å². The first kappa shape index (κ1) is 41.9. The second-order valence-corrected chi connectivity index (χ2v) is 17.0. The number of thiophene rings is 1. The van der Waals surface area contributed by atoms with Gasteiger partial charge in [-0.3, -0.25) is 4.79 Å². The van der Waals surface area contributed by atoms with Gasteiger partial charge < -0.3 is 10.1 Å². The van der Waals surface area contributed by atoms with Crippen molar-refractivity contribution in [3.8, 4) is 21.7 Å². The van der Waals surface area contributed by atoms with Crippen LogP contribution in [-0.4, -0.2) is 22.1 Å². The normalized spacial score (nSPS) is 16.8. The van der Waals surface area contributed by atoms with Crippen molar-refractivity contribution < 1.29 is 43.2 Å². The number of aryl methyl sites for hydroxylation is 3. The fourth-order valence-electron chi connectivity index (χ4n) is 7.85. The number of carbonyl (C=O) groups excluding carboxylic acids is 1. The van der Waals surface area contributed by atoms with E-state index in [0.717, 1.165) is 31.0 Å². The van der Waals surface area contributed by atoms with Crippen LogP contribution >= 0.6 is 11.3 Å². The van der Waals surface area contributed by atoms with Gasteiger partial charge in [-0.15, -0.1) is 46.2 Å². The van der Waals surface area contributed by atoms with E-state index in [1.807, 2.05) is 17.5 Å². The van der Waals surface area contributed by atoms with Gasteiger partial charge in [-0.05, 0) is 105 Å². The molecule has 2 aromatic heterocycles. The number of hydrogen-bond acceptors (Lipinski definition) is 4. The Bertz CT molecular complexity index is 1840. The van der Waals surface area contributed by atoms with E-state index < -0.39 is 23.1 Å². The molecule has 0 atom stereocenters. The van der Waals surface area contributed by atoms with Gasteiger partial charge in [0, 0.05) is 54.1 Å². The molecule has 1 radical (unpaired) electrons. The van der Waals surface area contributed by atoms with Crippen LogP contribution in [0.5, 0.6) is 0 Å². The predicted molar refractivity (Wildman–Crippen MR) is 205 cm³/mol. The van der Waals surface area contributed by atoms with Crippen LogP contribution in [0.2, 0.25) is 0 Å². The van der Waals surface area contributed by atoms with Crippen molar-refractivity contribution in [2.45, 2.75) is 125 Å². The number of alkyl halides is 3. The van der Waals surface area contributed by atoms with E-state index in [2.05, 4.69) is 69.3 Å². The van der Waals surface area contributed by atoms with E-state index in [0.29, 0.717) is 11.5 Å². The Hall–Kier alpha value is -2.80. The first-order valence-electron chi connectivity index (χ1n) is 18.5. The van der Waals surface area contributed by atoms with Gasteiger partial charge >= 0.3 is 6.18 Å². The van der Waals surface area contributed by atoms with Gasteiger partial charge in [0.05, 0.1) is 0 Å². The molecule has 52 heavy (non-hydrogen) atoms. The molecule has 0 bridgehead atoms. The van der Waals surface area contributed by atoms with Crippen molar-refractivity contribution in [1.82, 2.24) is 4.98 Å². The number of rotatable bonds is 7. The molecule has 1 N–H and O–H groups in total. The van der Waals surface area contributed by atoms with E-state index >= 15 is 0 Å². The van der Waals surface area contributed by atoms with E-state index in [1.54, 1.807) is 19.4 Å². The number of nitrogens with zero attached hydrogens (tertiary/aromatic N) is 1. The van der Waals surface area contributed by atoms with Gasteiger partial charge in [-0.25, -0.2) is 0 Å². The Balaban J connectivity index is 0.000000305. The summed E-state index contributed by atoms with van der Waals surface area (Å²) in [5.74, 6) is -0.642. The standard InChI is InChI=1S/C33H36NS.C11H17F3O2.Ir/c1-22-19-23(2)21-28(20-22)30-32-29(13-18-34-30)24(3)31(35-32)27-9-7-25(8-10-27)26-11-16-33(17-12-26)14-5-4-6-15-33;1-7(2)5-8(15)6-9(16)10(3,4)11(12,13)14;/h7-10,13,18-20,26H,4-6,11-12,14-17H2,1-3H3;6-7,16H,5H2,1-4H3;/q-1;;/b;9-6-;. The zero-order chi connectivity index (χ0) is 37.1. The van der Waals surface area contributed by atoms with Crippen LogP contribution in [0.4, 0.5) is 13.2 Å². The quantitative estimate of drug-likeness (QED) is 0.114. The number of carbonyl (C=O) groups is 1. The van der Waals surface area contributed by atoms with Crippen molar-refractivity contribution in [2.75, 3.05) is 0 Å². The smallest absolute Gasteiger partial charge is 0.400 e. The van der Waals surface area contributed by atoms with Crippen LogP contribution in [0.3, 0.4) is 0 Å². The summed E-state index contributed by atoms with van der Waals surface area (Å²) < 4.78 is 38.7. The third kappa shape index (κ3) is 9.65. The van der Waals surface area contributed by atoms with Crippen molar-refractivity contribution in [3.63, 3.8) is 0 Å². The molecule has 3 nitrogen and oxygen atoms in total. The number of benzene rings is 2. The van der Waals surface area contributed by atoms with Crippen molar-refractivity contribution in [3.05, 3.63) is 88.8 Å². The molecular formula is C44H53F3IrNO2S-. The van der Waals surface area contributed by atoms with E-state index in [1.165, 1.54) is 95.0 Å². The number of fused-ring (bicyclic) bond motifs is 1. The molecule has 1 spiro atoms. The average molecular weight is 909 g/mol. The number of hydrogen-bond donors (Lipinski definition) is 1. The average Bonchev–Trinajstić information content (AvgIpc) is 3.41. The molecule has 8 heteroatoms. The van der Waals surface area contributed by atoms with Crippen LogP contribution in [-0.2, 0) is 24.9 Å². The number of aliphatic hydroxyl groups excluding tert-OH is 1. The van der Waals surface area contributed by atoms with E-state index in [-0.39, 0.29) is 32.4 Å². The van der Waals surface area contributed by atoms with Gasteiger partial charge in [0.2, 0.25) is 0 Å². The molecule has 0 aliphatic heterocycles. The third-order valence-corrected chi connectivity index (χ3v) is 12.5. The van der Waals surface area contributed by atoms with Crippen molar-refractivity contribution in [1.29, 1.82) is 0 Å². The summed E-state index contributed by atoms with van der Waals surface area (Å²) in [6.07, 6.45) is 11.2. The maximum atomic E-state index is 12.5. The maximum Gasteiger partial charge on any atom is 0.400 e. The Morgan fingerprint density at radius 1 is 1.00 bits per heavy atom. The zero-order valence-electron chi connectivity index (χ0n) is 31.6. The van der Waals surface area contributed by atoms with Gasteiger partial charge in [-0.1, -0.05) is 71.2 Å². The predicted octanol–water partition coefficient (Wildman–Crippen LogP) is 13.6. The number of halogens is 3. The summed E-state index contributed by atoms with van der Waals surface area (Å²) in [6.45, 7) is 11.8. The van der Waals surface area contributed by atoms with Crippen molar-refractivity contribution >= 4 is 27.2 Å². The SMILES string of the molecule is CC(C)CC(=O)/C=C(\O)C(C)(C)C(F)(F)F.Cc1[c-]c(-c2nccc3c(C)c(-c4ccc(C5CCC6(CCCCC6)CC5)cc4)sc23)cc(C)c1.[Ir]. The van der Waals surface area contributed by atoms with Gasteiger partial charge in [0.1, 0.15) is 11.2 Å². The van der Waals surface area contributed by atoms with E-state index in [9.17, 15) is 23.1 Å². The Morgan fingerprint density at radius 3 is 2.21 bits per heavy atom. The first-order chi connectivity index (χ1) is 24.0. The molecular weight excluding hydrogens is 856 g/mol. The molecule has 0 saturated heterocycles. The molecule has 283 valence electrons. The molecule has 2 aromatic carbocycles. The minimum absolute atomic E-state index is 0. The molecule has 6 rings (SSSR count). The molecule has 2 heterocycles. The zero-order valence-corrected chi connectivity index (χ0v) is 34.8. The maximum absolute atomic E-state index is 12.5. The molecule has 2 fully saturated rings. The van der Waals surface area contributed by atoms with Crippen LogP contribution < -0.4 is 0 Å². The molecule has 4 aromatic rings. The van der Waals surface area contributed by atoms with Crippen LogP contribution in [0.15, 0.2) is 60.5 Å². The van der Waals surface area contributed by atoms with Crippen LogP contribution in [0.1, 0.15) is 120 Å². The molecule has 2 aliphatic carbocycles. The Kier molecular flexibility index (Phi) is 13.8. The van der Waals surface area contributed by atoms with Crippen molar-refractivity contribution in [2.24, 2.45) is 16.7 Å². The number of ketones is 1. The summed E-state index contributed by atoms with van der Waals surface area (Å²) in [7, 11) is 0. The second-order valence-electron chi connectivity index (χ2n) is 16.0. The Morgan fingerprint density at radius 2 is 1.63 bits per heavy atom. The third-order valence-electron chi connectivity index (χ3n) is 11.1. The number of aromatic nitrogens is 1. The summed E-state index contributed by atoms with van der Waals surface area (Å²) in [5.41, 5.74) is 7.14. The second kappa shape index (κ2) is 17.1. The first-order valence-corrected chi connectivity index (χ1v) is 19.3. The monoisotopic (exact) mass is 909 g/mol. The van der Waals surface area contributed by atoms with Gasteiger partial charge in [-0.2, -0.15) is 13.2 Å². The minimum Gasteiger partial charge on any atom is -0.511 e. The topological polar surface area (TPSA) is 50.2 Å².